The molecule has 2 rings (SSSR count). The fraction of sp³-hybridized carbons (Fsp3) is 0.355. The summed E-state index contributed by atoms with van der Waals surface area (Å²) in [5, 5.41) is 42.8. The molecule has 0 aliphatic heterocycles. The van der Waals surface area contributed by atoms with E-state index in [0.717, 1.165) is 53.9 Å². The number of hydrogen-bond acceptors (Lipinski definition) is 6. The van der Waals surface area contributed by atoms with Crippen LogP contribution in [0.2, 0.25) is 0 Å². The van der Waals surface area contributed by atoms with Crippen molar-refractivity contribution >= 4 is 17.8 Å². The Balaban J connectivity index is 1.64. The first-order valence-corrected chi connectivity index (χ1v) is 12.6. The van der Waals surface area contributed by atoms with Gasteiger partial charge in [0, 0.05) is 18.3 Å². The second kappa shape index (κ2) is 15.6. The third kappa shape index (κ3) is 9.66. The molecule has 0 heterocycles. The van der Waals surface area contributed by atoms with Gasteiger partial charge in [0.15, 0.2) is 0 Å². The molecule has 0 saturated heterocycles. The third-order valence-electron chi connectivity index (χ3n) is 6.28. The van der Waals surface area contributed by atoms with Gasteiger partial charge in [0.25, 0.3) is 0 Å². The van der Waals surface area contributed by atoms with E-state index >= 15 is 0 Å². The zero-order valence-corrected chi connectivity index (χ0v) is 21.9. The van der Waals surface area contributed by atoms with Crippen LogP contribution in [-0.2, 0) is 0 Å². The minimum atomic E-state index is 0.110. The summed E-state index contributed by atoms with van der Waals surface area (Å²) in [6.45, 7) is 8.02. The van der Waals surface area contributed by atoms with Crippen LogP contribution in [0.15, 0.2) is 47.5 Å². The predicted molar refractivity (Wildman–Crippen MR) is 149 cm³/mol. The van der Waals surface area contributed by atoms with Crippen molar-refractivity contribution in [3.8, 4) is 24.3 Å². The number of anilines is 1. The van der Waals surface area contributed by atoms with Crippen LogP contribution in [0.3, 0.4) is 0 Å². The van der Waals surface area contributed by atoms with Gasteiger partial charge < -0.3 is 10.6 Å². The van der Waals surface area contributed by atoms with Gasteiger partial charge >= 0.3 is 0 Å². The van der Waals surface area contributed by atoms with E-state index < -0.39 is 0 Å². The minimum absolute atomic E-state index is 0.110. The summed E-state index contributed by atoms with van der Waals surface area (Å²) >= 11 is 0. The number of nitrogens with one attached hydrogen (secondary N) is 2. The molecular formula is C31H34N6. The highest BCUT2D eigenvalue weighted by atomic mass is 14.9. The van der Waals surface area contributed by atoms with Gasteiger partial charge in [-0.15, -0.1) is 0 Å². The fourth-order valence-corrected chi connectivity index (χ4v) is 4.02. The van der Waals surface area contributed by atoms with Crippen molar-refractivity contribution in [3.05, 3.63) is 75.4 Å². The van der Waals surface area contributed by atoms with Gasteiger partial charge in [-0.2, -0.15) is 21.0 Å². The Hall–Kier alpha value is -4.36. The molecule has 0 radical (unpaired) electrons. The number of benzene rings is 2. The maximum atomic E-state index is 8.95. The van der Waals surface area contributed by atoms with E-state index in [1.807, 2.05) is 62.4 Å². The number of allylic oxidation sites excluding steroid dienone is 2. The molecule has 2 aromatic carbocycles. The number of hydrogen-bond donors (Lipinski definition) is 2. The summed E-state index contributed by atoms with van der Waals surface area (Å²) < 4.78 is 0. The Morgan fingerprint density at radius 1 is 0.730 bits per heavy atom. The van der Waals surface area contributed by atoms with E-state index in [1.165, 1.54) is 24.8 Å². The Morgan fingerprint density at radius 2 is 1.24 bits per heavy atom. The quantitative estimate of drug-likeness (QED) is 0.233. The molecule has 1 atom stereocenters. The summed E-state index contributed by atoms with van der Waals surface area (Å²) in [4.78, 5) is 0. The van der Waals surface area contributed by atoms with Crippen LogP contribution < -0.4 is 10.6 Å². The monoisotopic (exact) mass is 490 g/mol. The first-order valence-electron chi connectivity index (χ1n) is 12.6. The van der Waals surface area contributed by atoms with Crippen LogP contribution in [0.4, 0.5) is 5.69 Å². The van der Waals surface area contributed by atoms with Crippen LogP contribution >= 0.6 is 0 Å². The van der Waals surface area contributed by atoms with Crippen LogP contribution in [-0.4, -0.2) is 13.1 Å². The third-order valence-corrected chi connectivity index (χ3v) is 6.28. The lowest BCUT2D eigenvalue weighted by Crippen LogP contribution is -2.20. The van der Waals surface area contributed by atoms with Crippen molar-refractivity contribution in [2.45, 2.75) is 58.9 Å². The van der Waals surface area contributed by atoms with E-state index in [2.05, 4.69) is 29.7 Å². The first kappa shape index (κ1) is 28.9. The maximum absolute atomic E-state index is 8.95. The molecule has 6 heteroatoms. The van der Waals surface area contributed by atoms with E-state index in [1.54, 1.807) is 12.2 Å². The number of nitriles is 4. The molecule has 0 saturated carbocycles. The van der Waals surface area contributed by atoms with Crippen molar-refractivity contribution in [1.82, 2.24) is 5.32 Å². The lowest BCUT2D eigenvalue weighted by molar-refractivity contribution is 0.530. The zero-order valence-electron chi connectivity index (χ0n) is 21.9. The average molecular weight is 491 g/mol. The minimum Gasteiger partial charge on any atom is -0.385 e. The molecule has 0 amide bonds. The molecule has 6 nitrogen and oxygen atoms in total. The largest absolute Gasteiger partial charge is 0.385 e. The van der Waals surface area contributed by atoms with Crippen LogP contribution in [0.25, 0.3) is 12.2 Å². The molecule has 0 spiro atoms. The number of rotatable bonds is 13. The molecule has 0 fully saturated rings. The Labute approximate surface area is 221 Å². The van der Waals surface area contributed by atoms with Gasteiger partial charge in [-0.25, -0.2) is 0 Å². The predicted octanol–water partition coefficient (Wildman–Crippen LogP) is 6.88. The molecule has 1 unspecified atom stereocenters. The highest BCUT2D eigenvalue weighted by Gasteiger charge is 2.07. The summed E-state index contributed by atoms with van der Waals surface area (Å²) in [5.74, 6) is 0. The Kier molecular flexibility index (Phi) is 12.2. The van der Waals surface area contributed by atoms with Gasteiger partial charge in [0.2, 0.25) is 0 Å². The molecular weight excluding hydrogens is 456 g/mol. The summed E-state index contributed by atoms with van der Waals surface area (Å²) in [5.41, 5.74) is 6.35. The van der Waals surface area contributed by atoms with Crippen molar-refractivity contribution in [2.24, 2.45) is 0 Å². The zero-order chi connectivity index (χ0) is 27.0. The molecule has 37 heavy (non-hydrogen) atoms. The topological polar surface area (TPSA) is 119 Å². The highest BCUT2D eigenvalue weighted by molar-refractivity contribution is 5.66. The molecule has 2 aromatic rings. The van der Waals surface area contributed by atoms with Crippen LogP contribution in [0.1, 0.15) is 72.9 Å². The van der Waals surface area contributed by atoms with Gasteiger partial charge in [-0.05, 0) is 92.3 Å². The maximum Gasteiger partial charge on any atom is 0.130 e. The second-order valence-electron chi connectivity index (χ2n) is 9.12. The Bertz CT molecular complexity index is 1260. The van der Waals surface area contributed by atoms with Crippen molar-refractivity contribution in [1.29, 1.82) is 21.0 Å². The fourth-order valence-electron chi connectivity index (χ4n) is 4.02. The van der Waals surface area contributed by atoms with E-state index in [9.17, 15) is 0 Å². The molecule has 0 bridgehead atoms. The van der Waals surface area contributed by atoms with Crippen LogP contribution in [0, 0.1) is 59.2 Å². The SMILES string of the molecule is Cc1cc(NCCCCCCCNC(C)c2ccc(C=C(C#N)C#N)c(C)c2)ccc1C=C(C#N)C#N. The van der Waals surface area contributed by atoms with Gasteiger partial charge in [0.05, 0.1) is 0 Å². The van der Waals surface area contributed by atoms with E-state index in [0.29, 0.717) is 0 Å². The van der Waals surface area contributed by atoms with Crippen molar-refractivity contribution in [2.75, 3.05) is 18.4 Å². The first-order chi connectivity index (χ1) is 17.9. The molecule has 0 aliphatic rings. The standard InChI is InChI=1S/C31H34N6/c1-23-15-30(10-9-28(23)17-26(19-32)20-33)25(3)36-13-7-5-4-6-8-14-37-31-12-11-29(24(2)16-31)18-27(21-34)22-35/h9-12,15-18,25,36-37H,4-8,13-14H2,1-3H3. The van der Waals surface area contributed by atoms with E-state index in [4.69, 9.17) is 21.0 Å². The van der Waals surface area contributed by atoms with Gasteiger partial charge in [-0.3, -0.25) is 0 Å². The van der Waals surface area contributed by atoms with Gasteiger partial charge in [-0.1, -0.05) is 43.5 Å². The highest BCUT2D eigenvalue weighted by Crippen LogP contribution is 2.20. The van der Waals surface area contributed by atoms with Crippen LogP contribution in [0.5, 0.6) is 0 Å². The molecule has 0 aromatic heterocycles. The molecule has 0 aliphatic carbocycles. The van der Waals surface area contributed by atoms with Crippen molar-refractivity contribution < 1.29 is 0 Å². The normalized spacial score (nSPS) is 10.7. The van der Waals surface area contributed by atoms with Crippen molar-refractivity contribution in [3.63, 3.8) is 0 Å². The number of aryl methyl sites for hydroxylation is 2. The summed E-state index contributed by atoms with van der Waals surface area (Å²) in [6, 6.07) is 20.0. The molecule has 2 N–H and O–H groups in total. The summed E-state index contributed by atoms with van der Waals surface area (Å²) in [6.07, 6.45) is 9.06. The number of unbranched alkanes of at least 4 members (excludes halogenated alkanes) is 4. The Morgan fingerprint density at radius 3 is 1.78 bits per heavy atom. The lowest BCUT2D eigenvalue weighted by Gasteiger charge is -2.16. The second-order valence-corrected chi connectivity index (χ2v) is 9.12. The molecule has 188 valence electrons. The van der Waals surface area contributed by atoms with E-state index in [-0.39, 0.29) is 17.2 Å². The smallest absolute Gasteiger partial charge is 0.130 e. The summed E-state index contributed by atoms with van der Waals surface area (Å²) in [7, 11) is 0. The van der Waals surface area contributed by atoms with Gasteiger partial charge in [0.1, 0.15) is 35.4 Å². The lowest BCUT2D eigenvalue weighted by atomic mass is 9.99. The number of nitrogens with zero attached hydrogens (tertiary/aromatic N) is 4. The average Bonchev–Trinajstić information content (AvgIpc) is 2.90.